The largest absolute Gasteiger partial charge is 0.481 e. The third-order valence-corrected chi connectivity index (χ3v) is 7.17. The maximum absolute atomic E-state index is 13.6. The van der Waals surface area contributed by atoms with E-state index in [2.05, 4.69) is 5.32 Å². The van der Waals surface area contributed by atoms with Crippen molar-refractivity contribution >= 4 is 33.3 Å². The van der Waals surface area contributed by atoms with Crippen molar-refractivity contribution in [2.24, 2.45) is 0 Å². The van der Waals surface area contributed by atoms with Crippen molar-refractivity contribution in [2.45, 2.75) is 49.3 Å². The topological polar surface area (TPSA) is 121 Å². The molecule has 2 N–H and O–H groups in total. The van der Waals surface area contributed by atoms with E-state index in [0.717, 1.165) is 25.3 Å². The van der Waals surface area contributed by atoms with Crippen LogP contribution in [0, 0.1) is 0 Å². The Kier molecular flexibility index (Phi) is 6.73. The van der Waals surface area contributed by atoms with Gasteiger partial charge >= 0.3 is 12.1 Å². The zero-order valence-corrected chi connectivity index (χ0v) is 19.8. The van der Waals surface area contributed by atoms with Crippen molar-refractivity contribution in [3.8, 4) is 0 Å². The summed E-state index contributed by atoms with van der Waals surface area (Å²) in [4.78, 5) is 37.6. The molecule has 0 radical (unpaired) electrons. The van der Waals surface area contributed by atoms with Gasteiger partial charge in [-0.2, -0.15) is 13.2 Å². The van der Waals surface area contributed by atoms with Gasteiger partial charge in [0.05, 0.1) is 16.7 Å². The highest BCUT2D eigenvalue weighted by Gasteiger charge is 2.53. The SMILES string of the molecule is CC(=O)N1Cc2cc(S(C)(=O)=O)ccc2C1C(=O)Nc1ccc(C(C)(CC(=O)O)C(F)(F)F)cc1. The molecule has 1 aliphatic heterocycles. The summed E-state index contributed by atoms with van der Waals surface area (Å²) < 4.78 is 64.6. The number of halogens is 3. The van der Waals surface area contributed by atoms with Gasteiger partial charge in [0, 0.05) is 25.4 Å². The van der Waals surface area contributed by atoms with Gasteiger partial charge in [0.1, 0.15) is 6.04 Å². The van der Waals surface area contributed by atoms with E-state index >= 15 is 0 Å². The summed E-state index contributed by atoms with van der Waals surface area (Å²) in [6, 6.07) is 7.77. The fourth-order valence-corrected chi connectivity index (χ4v) is 4.71. The van der Waals surface area contributed by atoms with Crippen molar-refractivity contribution in [3.63, 3.8) is 0 Å². The van der Waals surface area contributed by atoms with Gasteiger partial charge in [0.15, 0.2) is 9.84 Å². The summed E-state index contributed by atoms with van der Waals surface area (Å²) in [7, 11) is -3.50. The molecule has 12 heteroatoms. The van der Waals surface area contributed by atoms with E-state index in [0.29, 0.717) is 11.1 Å². The van der Waals surface area contributed by atoms with E-state index in [1.165, 1.54) is 42.2 Å². The Bertz CT molecular complexity index is 1290. The molecule has 1 aliphatic rings. The number of fused-ring (bicyclic) bond motifs is 1. The van der Waals surface area contributed by atoms with Crippen LogP contribution in [0.4, 0.5) is 18.9 Å². The lowest BCUT2D eigenvalue weighted by atomic mass is 9.78. The maximum atomic E-state index is 13.6. The second-order valence-corrected chi connectivity index (χ2v) is 10.7. The first kappa shape index (κ1) is 26.2. The molecule has 2 unspecified atom stereocenters. The highest BCUT2D eigenvalue weighted by molar-refractivity contribution is 7.90. The minimum Gasteiger partial charge on any atom is -0.481 e. The van der Waals surface area contributed by atoms with Gasteiger partial charge in [0.2, 0.25) is 5.91 Å². The van der Waals surface area contributed by atoms with Crippen molar-refractivity contribution in [1.82, 2.24) is 4.90 Å². The second-order valence-electron chi connectivity index (χ2n) is 8.65. The Balaban J connectivity index is 1.89. The molecule has 8 nitrogen and oxygen atoms in total. The monoisotopic (exact) mass is 512 g/mol. The number of benzene rings is 2. The van der Waals surface area contributed by atoms with Crippen molar-refractivity contribution < 1.29 is 41.1 Å². The Labute approximate surface area is 199 Å². The number of aliphatic carboxylic acids is 1. The summed E-state index contributed by atoms with van der Waals surface area (Å²) >= 11 is 0. The Morgan fingerprint density at radius 1 is 1.11 bits per heavy atom. The van der Waals surface area contributed by atoms with Gasteiger partial charge in [-0.05, 0) is 47.9 Å². The molecule has 2 aromatic carbocycles. The normalized spacial score (nSPS) is 17.4. The van der Waals surface area contributed by atoms with Gasteiger partial charge in [-0.25, -0.2) is 8.42 Å². The Morgan fingerprint density at radius 2 is 1.71 bits per heavy atom. The highest BCUT2D eigenvalue weighted by atomic mass is 32.2. The Morgan fingerprint density at radius 3 is 2.20 bits per heavy atom. The first-order valence-electron chi connectivity index (χ1n) is 10.3. The number of rotatable bonds is 6. The average Bonchev–Trinajstić information content (AvgIpc) is 3.11. The third-order valence-electron chi connectivity index (χ3n) is 6.06. The summed E-state index contributed by atoms with van der Waals surface area (Å²) in [6.45, 7) is 2.07. The van der Waals surface area contributed by atoms with Gasteiger partial charge in [-0.3, -0.25) is 14.4 Å². The highest BCUT2D eigenvalue weighted by Crippen LogP contribution is 2.44. The van der Waals surface area contributed by atoms with Crippen LogP contribution < -0.4 is 5.32 Å². The molecule has 188 valence electrons. The number of hydrogen-bond donors (Lipinski definition) is 2. The molecule has 0 fully saturated rings. The number of nitrogens with zero attached hydrogens (tertiary/aromatic N) is 1. The Hall–Kier alpha value is -3.41. The molecule has 2 aromatic rings. The van der Waals surface area contributed by atoms with Crippen molar-refractivity contribution in [1.29, 1.82) is 0 Å². The molecule has 0 saturated heterocycles. The second kappa shape index (κ2) is 8.99. The van der Waals surface area contributed by atoms with Gasteiger partial charge in [-0.15, -0.1) is 0 Å². The number of hydrogen-bond acceptors (Lipinski definition) is 5. The number of nitrogens with one attached hydrogen (secondary N) is 1. The first-order valence-corrected chi connectivity index (χ1v) is 12.2. The number of carbonyl (C=O) groups is 3. The molecule has 0 aromatic heterocycles. The predicted molar refractivity (Wildman–Crippen MR) is 119 cm³/mol. The number of alkyl halides is 3. The number of carboxylic acid groups (broad SMARTS) is 1. The number of sulfone groups is 1. The quantitative estimate of drug-likeness (QED) is 0.612. The molecule has 2 amide bonds. The lowest BCUT2D eigenvalue weighted by Crippen LogP contribution is -2.41. The van der Waals surface area contributed by atoms with E-state index < -0.39 is 51.7 Å². The number of carboxylic acids is 1. The van der Waals surface area contributed by atoms with Gasteiger partial charge in [0.25, 0.3) is 5.91 Å². The molecule has 35 heavy (non-hydrogen) atoms. The van der Waals surface area contributed by atoms with Crippen LogP contribution in [0.25, 0.3) is 0 Å². The zero-order valence-electron chi connectivity index (χ0n) is 19.0. The smallest absolute Gasteiger partial charge is 0.398 e. The van der Waals surface area contributed by atoms with Crippen LogP contribution in [0.2, 0.25) is 0 Å². The van der Waals surface area contributed by atoms with E-state index in [9.17, 15) is 36.0 Å². The molecular weight excluding hydrogens is 489 g/mol. The van der Waals surface area contributed by atoms with Crippen LogP contribution in [0.15, 0.2) is 47.4 Å². The minimum absolute atomic E-state index is 0.0180. The van der Waals surface area contributed by atoms with E-state index in [1.54, 1.807) is 0 Å². The molecule has 0 spiro atoms. The fraction of sp³-hybridized carbons (Fsp3) is 0.348. The van der Waals surface area contributed by atoms with Crippen LogP contribution in [0.5, 0.6) is 0 Å². The number of anilines is 1. The molecule has 3 rings (SSSR count). The van der Waals surface area contributed by atoms with E-state index in [1.807, 2.05) is 0 Å². The summed E-state index contributed by atoms with van der Waals surface area (Å²) in [5.41, 5.74) is -1.84. The molecule has 0 saturated carbocycles. The molecular formula is C23H23F3N2O6S. The number of carbonyl (C=O) groups excluding carboxylic acids is 2. The average molecular weight is 513 g/mol. The first-order chi connectivity index (χ1) is 16.0. The molecule has 0 aliphatic carbocycles. The van der Waals surface area contributed by atoms with E-state index in [-0.39, 0.29) is 22.7 Å². The predicted octanol–water partition coefficient (Wildman–Crippen LogP) is 3.43. The molecule has 2 atom stereocenters. The van der Waals surface area contributed by atoms with Crippen LogP contribution >= 0.6 is 0 Å². The lowest BCUT2D eigenvalue weighted by molar-refractivity contribution is -0.192. The fourth-order valence-electron chi connectivity index (χ4n) is 4.04. The summed E-state index contributed by atoms with van der Waals surface area (Å²) in [6.07, 6.45) is -4.94. The van der Waals surface area contributed by atoms with Gasteiger partial charge in [-0.1, -0.05) is 18.2 Å². The third kappa shape index (κ3) is 5.16. The van der Waals surface area contributed by atoms with Crippen molar-refractivity contribution in [3.05, 3.63) is 59.2 Å². The maximum Gasteiger partial charge on any atom is 0.398 e. The van der Waals surface area contributed by atoms with Crippen molar-refractivity contribution in [2.75, 3.05) is 11.6 Å². The zero-order chi connectivity index (χ0) is 26.3. The van der Waals surface area contributed by atoms with Crippen LogP contribution in [-0.2, 0) is 36.2 Å². The summed E-state index contributed by atoms with van der Waals surface area (Å²) in [5, 5.41) is 11.5. The minimum atomic E-state index is -4.82. The molecule has 1 heterocycles. The van der Waals surface area contributed by atoms with Crippen LogP contribution in [-0.4, -0.2) is 48.6 Å². The van der Waals surface area contributed by atoms with E-state index in [4.69, 9.17) is 5.11 Å². The molecule has 0 bridgehead atoms. The van der Waals surface area contributed by atoms with Gasteiger partial charge < -0.3 is 15.3 Å². The summed E-state index contributed by atoms with van der Waals surface area (Å²) in [5.74, 6) is -2.67. The van der Waals surface area contributed by atoms with Crippen LogP contribution in [0.3, 0.4) is 0 Å². The lowest BCUT2D eigenvalue weighted by Gasteiger charge is -2.31. The number of amides is 2. The standard InChI is InChI=1S/C23H23F3N2O6S/c1-13(29)28-12-14-10-17(35(3,33)34)8-9-18(14)20(28)21(32)27-16-6-4-15(5-7-16)22(2,11-19(30)31)23(24,25)26/h4-10,20H,11-12H2,1-3H3,(H,27,32)(H,30,31). The van der Waals surface area contributed by atoms with Crippen LogP contribution in [0.1, 0.15) is 43.0 Å².